The van der Waals surface area contributed by atoms with Gasteiger partial charge in [0.2, 0.25) is 0 Å². The fourth-order valence-electron chi connectivity index (χ4n) is 2.34. The predicted octanol–water partition coefficient (Wildman–Crippen LogP) is 4.03. The third-order valence-corrected chi connectivity index (χ3v) is 3.76. The maximum atomic E-state index is 12.6. The first-order chi connectivity index (χ1) is 11.6. The first kappa shape index (κ1) is 20.5. The Kier molecular flexibility index (Phi) is 9.42. The fraction of sp³-hybridized carbons (Fsp3) is 0.632. The van der Waals surface area contributed by atoms with E-state index in [-0.39, 0.29) is 5.91 Å². The summed E-state index contributed by atoms with van der Waals surface area (Å²) in [5, 5.41) is 2.94. The Morgan fingerprint density at radius 1 is 1.08 bits per heavy atom. The molecule has 5 nitrogen and oxygen atoms in total. The Bertz CT molecular complexity index is 475. The Morgan fingerprint density at radius 3 is 2.38 bits per heavy atom. The molecule has 0 heterocycles. The van der Waals surface area contributed by atoms with Crippen LogP contribution in [0.15, 0.2) is 24.3 Å². The summed E-state index contributed by atoms with van der Waals surface area (Å²) in [6.45, 7) is 10.1. The zero-order valence-corrected chi connectivity index (χ0v) is 15.4. The van der Waals surface area contributed by atoms with Crippen LogP contribution in [0.4, 0.5) is 5.69 Å². The van der Waals surface area contributed by atoms with Gasteiger partial charge in [-0.1, -0.05) is 19.8 Å². The van der Waals surface area contributed by atoms with Gasteiger partial charge in [-0.05, 0) is 51.5 Å². The van der Waals surface area contributed by atoms with Crippen LogP contribution in [0.1, 0.15) is 47.0 Å². The molecule has 0 bridgehead atoms. The monoisotopic (exact) mass is 337 g/mol. The molecule has 0 spiro atoms. The van der Waals surface area contributed by atoms with Crippen LogP contribution in [0.2, 0.25) is 0 Å². The summed E-state index contributed by atoms with van der Waals surface area (Å²) >= 11 is 0. The average Bonchev–Trinajstić information content (AvgIpc) is 2.58. The van der Waals surface area contributed by atoms with Crippen LogP contribution < -0.4 is 10.1 Å². The molecule has 0 saturated carbocycles. The predicted molar refractivity (Wildman–Crippen MR) is 96.6 cm³/mol. The summed E-state index contributed by atoms with van der Waals surface area (Å²) in [5.74, 6) is 0.647. The quantitative estimate of drug-likeness (QED) is 0.585. The fourth-order valence-corrected chi connectivity index (χ4v) is 2.34. The van der Waals surface area contributed by atoms with E-state index in [0.29, 0.717) is 32.8 Å². The van der Waals surface area contributed by atoms with Crippen molar-refractivity contribution in [3.8, 4) is 5.75 Å². The summed E-state index contributed by atoms with van der Waals surface area (Å²) in [6.07, 6.45) is 2.70. The standard InChI is InChI=1S/C19H31NO4/c1-5-8-13-19(4,24-7-3)18(21)20-16-9-11-17(12-10-16)23-15-14-22-6-2/h9-12H,5-8,13-15H2,1-4H3,(H,20,21)/t19-/m0/s1. The van der Waals surface area contributed by atoms with Crippen molar-refractivity contribution in [3.63, 3.8) is 0 Å². The zero-order chi connectivity index (χ0) is 17.8. The number of carbonyl (C=O) groups is 1. The highest BCUT2D eigenvalue weighted by Crippen LogP contribution is 2.23. The lowest BCUT2D eigenvalue weighted by Crippen LogP contribution is -2.42. The van der Waals surface area contributed by atoms with Gasteiger partial charge in [-0.2, -0.15) is 0 Å². The highest BCUT2D eigenvalue weighted by atomic mass is 16.5. The molecule has 0 unspecified atom stereocenters. The SMILES string of the molecule is CCCC[C@](C)(OCC)C(=O)Nc1ccc(OCCOCC)cc1. The number of hydrogen-bond acceptors (Lipinski definition) is 4. The molecular formula is C19H31NO4. The molecule has 0 saturated heterocycles. The minimum absolute atomic E-state index is 0.109. The molecule has 24 heavy (non-hydrogen) atoms. The minimum Gasteiger partial charge on any atom is -0.491 e. The molecule has 0 radical (unpaired) electrons. The molecule has 0 aliphatic heterocycles. The normalized spacial score (nSPS) is 13.3. The summed E-state index contributed by atoms with van der Waals surface area (Å²) in [4.78, 5) is 12.6. The number of anilines is 1. The number of unbranched alkanes of at least 4 members (excludes halogenated alkanes) is 1. The lowest BCUT2D eigenvalue weighted by atomic mass is 9.97. The van der Waals surface area contributed by atoms with Gasteiger partial charge in [0.1, 0.15) is 18.0 Å². The lowest BCUT2D eigenvalue weighted by molar-refractivity contribution is -0.139. The lowest BCUT2D eigenvalue weighted by Gasteiger charge is -2.28. The van der Waals surface area contributed by atoms with Gasteiger partial charge in [0.15, 0.2) is 0 Å². The van der Waals surface area contributed by atoms with Crippen LogP contribution in [0.25, 0.3) is 0 Å². The van der Waals surface area contributed by atoms with E-state index in [4.69, 9.17) is 14.2 Å². The number of ether oxygens (including phenoxy) is 3. The number of amides is 1. The smallest absolute Gasteiger partial charge is 0.256 e. The second-order valence-electron chi connectivity index (χ2n) is 5.79. The number of rotatable bonds is 12. The molecule has 1 amide bonds. The summed E-state index contributed by atoms with van der Waals surface area (Å²) in [6, 6.07) is 7.34. The summed E-state index contributed by atoms with van der Waals surface area (Å²) in [5.41, 5.74) is -0.0585. The van der Waals surface area contributed by atoms with Crippen molar-refractivity contribution in [2.45, 2.75) is 52.6 Å². The Labute approximate surface area is 145 Å². The van der Waals surface area contributed by atoms with E-state index in [1.54, 1.807) is 0 Å². The first-order valence-electron chi connectivity index (χ1n) is 8.81. The van der Waals surface area contributed by atoms with Crippen LogP contribution in [0.5, 0.6) is 5.75 Å². The number of benzene rings is 1. The Balaban J connectivity index is 2.58. The topological polar surface area (TPSA) is 56.8 Å². The molecule has 0 fully saturated rings. The van der Waals surface area contributed by atoms with Crippen molar-refractivity contribution < 1.29 is 19.0 Å². The van der Waals surface area contributed by atoms with Crippen molar-refractivity contribution in [1.82, 2.24) is 0 Å². The molecule has 0 aliphatic rings. The van der Waals surface area contributed by atoms with E-state index in [1.807, 2.05) is 45.0 Å². The number of hydrogen-bond donors (Lipinski definition) is 1. The molecular weight excluding hydrogens is 306 g/mol. The van der Waals surface area contributed by atoms with Gasteiger partial charge >= 0.3 is 0 Å². The molecule has 1 N–H and O–H groups in total. The van der Waals surface area contributed by atoms with Crippen molar-refractivity contribution >= 4 is 11.6 Å². The van der Waals surface area contributed by atoms with Crippen LogP contribution in [0, 0.1) is 0 Å². The van der Waals surface area contributed by atoms with Gasteiger partial charge in [-0.3, -0.25) is 4.79 Å². The Morgan fingerprint density at radius 2 is 1.79 bits per heavy atom. The maximum absolute atomic E-state index is 12.6. The minimum atomic E-state index is -0.794. The Hall–Kier alpha value is -1.59. The van der Waals surface area contributed by atoms with Crippen molar-refractivity contribution in [2.75, 3.05) is 31.7 Å². The molecule has 5 heteroatoms. The van der Waals surface area contributed by atoms with Gasteiger partial charge in [-0.15, -0.1) is 0 Å². The van der Waals surface area contributed by atoms with Crippen LogP contribution in [-0.4, -0.2) is 37.9 Å². The molecule has 1 atom stereocenters. The van der Waals surface area contributed by atoms with Gasteiger partial charge in [0, 0.05) is 18.9 Å². The van der Waals surface area contributed by atoms with Crippen LogP contribution >= 0.6 is 0 Å². The number of nitrogens with one attached hydrogen (secondary N) is 1. The van der Waals surface area contributed by atoms with Crippen LogP contribution in [0.3, 0.4) is 0 Å². The van der Waals surface area contributed by atoms with E-state index >= 15 is 0 Å². The highest BCUT2D eigenvalue weighted by molar-refractivity contribution is 5.97. The van der Waals surface area contributed by atoms with Crippen LogP contribution in [-0.2, 0) is 14.3 Å². The molecule has 1 aromatic carbocycles. The van der Waals surface area contributed by atoms with Crippen molar-refractivity contribution in [2.24, 2.45) is 0 Å². The van der Waals surface area contributed by atoms with Gasteiger partial charge in [0.25, 0.3) is 5.91 Å². The molecule has 136 valence electrons. The molecule has 1 rings (SSSR count). The van der Waals surface area contributed by atoms with Gasteiger partial charge in [-0.25, -0.2) is 0 Å². The molecule has 0 aliphatic carbocycles. The zero-order valence-electron chi connectivity index (χ0n) is 15.4. The number of carbonyl (C=O) groups excluding carboxylic acids is 1. The van der Waals surface area contributed by atoms with Gasteiger partial charge < -0.3 is 19.5 Å². The highest BCUT2D eigenvalue weighted by Gasteiger charge is 2.33. The second kappa shape index (κ2) is 11.0. The first-order valence-corrected chi connectivity index (χ1v) is 8.81. The maximum Gasteiger partial charge on any atom is 0.256 e. The van der Waals surface area contributed by atoms with E-state index in [2.05, 4.69) is 12.2 Å². The van der Waals surface area contributed by atoms with Crippen molar-refractivity contribution in [3.05, 3.63) is 24.3 Å². The average molecular weight is 337 g/mol. The van der Waals surface area contributed by atoms with E-state index in [0.717, 1.165) is 24.3 Å². The largest absolute Gasteiger partial charge is 0.491 e. The van der Waals surface area contributed by atoms with E-state index < -0.39 is 5.60 Å². The van der Waals surface area contributed by atoms with Crippen molar-refractivity contribution in [1.29, 1.82) is 0 Å². The van der Waals surface area contributed by atoms with Gasteiger partial charge in [0.05, 0.1) is 6.61 Å². The second-order valence-corrected chi connectivity index (χ2v) is 5.79. The molecule has 0 aromatic heterocycles. The summed E-state index contributed by atoms with van der Waals surface area (Å²) < 4.78 is 16.5. The van der Waals surface area contributed by atoms with E-state index in [1.165, 1.54) is 0 Å². The third-order valence-electron chi connectivity index (χ3n) is 3.76. The molecule has 1 aromatic rings. The third kappa shape index (κ3) is 6.89. The summed E-state index contributed by atoms with van der Waals surface area (Å²) in [7, 11) is 0. The van der Waals surface area contributed by atoms with E-state index in [9.17, 15) is 4.79 Å².